The molecule has 0 aliphatic heterocycles. The van der Waals surface area contributed by atoms with Crippen molar-refractivity contribution in [2.45, 2.75) is 40.5 Å². The molecule has 0 atom stereocenters. The smallest absolute Gasteiger partial charge is 0.261 e. The molecule has 0 saturated heterocycles. The minimum Gasteiger partial charge on any atom is -0.505 e. The molecule has 0 saturated carbocycles. The van der Waals surface area contributed by atoms with E-state index in [1.807, 2.05) is 118 Å². The van der Waals surface area contributed by atoms with E-state index in [1.165, 1.54) is 11.3 Å². The van der Waals surface area contributed by atoms with Crippen molar-refractivity contribution in [3.8, 4) is 22.6 Å². The molecule has 12 aromatic rings. The Morgan fingerprint density at radius 1 is 0.600 bits per heavy atom. The number of hydrogen-bond acceptors (Lipinski definition) is 9. The summed E-state index contributed by atoms with van der Waals surface area (Å²) in [5, 5.41) is 53.4. The van der Waals surface area contributed by atoms with Crippen molar-refractivity contribution in [3.63, 3.8) is 0 Å². The van der Waals surface area contributed by atoms with E-state index in [9.17, 15) is 15.0 Å². The second-order valence-corrected chi connectivity index (χ2v) is 19.3. The first kappa shape index (κ1) is 42.6. The van der Waals surface area contributed by atoms with Crippen molar-refractivity contribution in [3.05, 3.63) is 167 Å². The fourth-order valence-corrected chi connectivity index (χ4v) is 10.7. The monoisotopic (exact) mass is 932 g/mol. The Labute approximate surface area is 404 Å². The molecular formula is C58H44N8O3S. The van der Waals surface area contributed by atoms with Crippen LogP contribution in [0.4, 0.5) is 27.9 Å². The Bertz CT molecular complexity index is 4240. The van der Waals surface area contributed by atoms with Crippen LogP contribution >= 0.6 is 11.3 Å². The molecule has 0 aliphatic carbocycles. The summed E-state index contributed by atoms with van der Waals surface area (Å²) in [6, 6.07) is 46.1. The van der Waals surface area contributed by atoms with Gasteiger partial charge in [-0.3, -0.25) is 10.1 Å². The Morgan fingerprint density at radius 2 is 1.16 bits per heavy atom. The van der Waals surface area contributed by atoms with Gasteiger partial charge < -0.3 is 20.2 Å². The van der Waals surface area contributed by atoms with E-state index >= 15 is 0 Å². The highest BCUT2D eigenvalue weighted by molar-refractivity contribution is 7.22. The largest absolute Gasteiger partial charge is 0.505 e. The number of phenols is 2. The minimum absolute atomic E-state index is 0.0542. The van der Waals surface area contributed by atoms with Crippen LogP contribution in [0.3, 0.4) is 0 Å². The third-order valence-corrected chi connectivity index (χ3v) is 14.3. The standard InChI is InChI=1S/C58H44N8O3S/c1-29(2)41-27-35-15-19-39-37-10-6-8-12-45(37)59-51(39)49(35)53(55(41)67)65-63-43-22-17-33(25-31(43)4)34-18-23-44(32(5)26-34)64-66-54-50-36(16-20-40-38-11-7-9-13-46(38)60-52(40)50)28-42(56(54)68)57(69)62-58-61-47-21-14-30(3)24-48(47)70-58/h6-29,59-60,67-68H,1-5H3,(H,61,62,69). The molecule has 3 heterocycles. The van der Waals surface area contributed by atoms with E-state index in [0.717, 1.165) is 98.0 Å². The Hall–Kier alpha value is -8.74. The summed E-state index contributed by atoms with van der Waals surface area (Å²) >= 11 is 1.38. The number of hydrogen-bond donors (Lipinski definition) is 5. The molecule has 11 nitrogen and oxygen atoms in total. The van der Waals surface area contributed by atoms with Crippen LogP contribution in [-0.4, -0.2) is 31.1 Å². The van der Waals surface area contributed by atoms with Gasteiger partial charge in [-0.2, -0.15) is 10.2 Å². The van der Waals surface area contributed by atoms with E-state index in [-0.39, 0.29) is 28.7 Å². The number of rotatable bonds is 8. The van der Waals surface area contributed by atoms with Gasteiger partial charge in [-0.1, -0.05) is 104 Å². The zero-order chi connectivity index (χ0) is 47.9. The zero-order valence-electron chi connectivity index (χ0n) is 38.8. The lowest BCUT2D eigenvalue weighted by Gasteiger charge is -2.14. The SMILES string of the molecule is Cc1ccc2nc(NC(=O)c3cc4ccc5c6ccccc6[nH]c5c4c(N=Nc4ccc(-c5ccc(N=Nc6c(O)c(C(C)C)cc7ccc8c9ccccc9[nH]c8c67)c(C)c5)cc4C)c3O)sc2c1. The van der Waals surface area contributed by atoms with Gasteiger partial charge in [0.05, 0.1) is 38.2 Å². The highest BCUT2D eigenvalue weighted by Gasteiger charge is 2.23. The van der Waals surface area contributed by atoms with Crippen LogP contribution in [0.1, 0.15) is 52.4 Å². The van der Waals surface area contributed by atoms with Crippen LogP contribution in [-0.2, 0) is 0 Å². The van der Waals surface area contributed by atoms with Crippen molar-refractivity contribution >= 4 is 120 Å². The third-order valence-electron chi connectivity index (χ3n) is 13.4. The van der Waals surface area contributed by atoms with Gasteiger partial charge in [0.2, 0.25) is 0 Å². The van der Waals surface area contributed by atoms with Crippen molar-refractivity contribution in [1.29, 1.82) is 0 Å². The molecule has 0 bridgehead atoms. The molecule has 9 aromatic carbocycles. The van der Waals surface area contributed by atoms with Crippen molar-refractivity contribution in [1.82, 2.24) is 15.0 Å². The van der Waals surface area contributed by atoms with Gasteiger partial charge in [0, 0.05) is 43.4 Å². The number of para-hydroxylation sites is 2. The van der Waals surface area contributed by atoms with E-state index in [2.05, 4.69) is 70.5 Å². The molecule has 1 amide bonds. The molecule has 0 radical (unpaired) electrons. The first-order chi connectivity index (χ1) is 34.0. The van der Waals surface area contributed by atoms with Gasteiger partial charge in [-0.15, -0.1) is 10.2 Å². The van der Waals surface area contributed by atoms with Crippen molar-refractivity contribution in [2.75, 3.05) is 5.32 Å². The number of carbonyl (C=O) groups is 1. The molecule has 12 heteroatoms. The van der Waals surface area contributed by atoms with Gasteiger partial charge in [0.25, 0.3) is 5.91 Å². The molecule has 0 aliphatic rings. The normalized spacial score (nSPS) is 12.3. The highest BCUT2D eigenvalue weighted by Crippen LogP contribution is 2.47. The molecule has 5 N–H and O–H groups in total. The first-order valence-electron chi connectivity index (χ1n) is 23.1. The van der Waals surface area contributed by atoms with Gasteiger partial charge in [-0.05, 0) is 132 Å². The van der Waals surface area contributed by atoms with Gasteiger partial charge in [-0.25, -0.2) is 4.98 Å². The van der Waals surface area contributed by atoms with E-state index in [4.69, 9.17) is 20.5 Å². The van der Waals surface area contributed by atoms with Gasteiger partial charge in [0.1, 0.15) is 17.1 Å². The first-order valence-corrected chi connectivity index (χ1v) is 23.9. The molecule has 0 unspecified atom stereocenters. The maximum Gasteiger partial charge on any atom is 0.261 e. The lowest BCUT2D eigenvalue weighted by atomic mass is 9.95. The second kappa shape index (κ2) is 16.5. The number of aromatic amines is 2. The second-order valence-electron chi connectivity index (χ2n) is 18.3. The molecule has 0 fully saturated rings. The van der Waals surface area contributed by atoms with Crippen molar-refractivity contribution in [2.24, 2.45) is 20.5 Å². The van der Waals surface area contributed by atoms with Gasteiger partial charge in [0.15, 0.2) is 10.9 Å². The number of anilines is 1. The molecule has 0 spiro atoms. The molecule has 340 valence electrons. The summed E-state index contributed by atoms with van der Waals surface area (Å²) in [6.07, 6.45) is 0. The summed E-state index contributed by atoms with van der Waals surface area (Å²) in [7, 11) is 0. The number of aryl methyl sites for hydroxylation is 3. The number of azo groups is 2. The average molecular weight is 933 g/mol. The summed E-state index contributed by atoms with van der Waals surface area (Å²) in [5.74, 6) is -0.600. The number of fused-ring (bicyclic) bond motifs is 11. The maximum absolute atomic E-state index is 14.0. The Balaban J connectivity index is 0.883. The summed E-state index contributed by atoms with van der Waals surface area (Å²) < 4.78 is 0.955. The number of nitrogens with one attached hydrogen (secondary N) is 3. The van der Waals surface area contributed by atoms with Crippen LogP contribution in [0.15, 0.2) is 160 Å². The maximum atomic E-state index is 14.0. The van der Waals surface area contributed by atoms with Crippen LogP contribution in [0.2, 0.25) is 0 Å². The summed E-state index contributed by atoms with van der Waals surface area (Å²) in [5.41, 5.74) is 12.0. The number of carbonyl (C=O) groups excluding carboxylic acids is 1. The number of nitrogens with zero attached hydrogens (tertiary/aromatic N) is 5. The number of aromatic nitrogens is 3. The third kappa shape index (κ3) is 7.10. The predicted molar refractivity (Wildman–Crippen MR) is 286 cm³/mol. The van der Waals surface area contributed by atoms with E-state index in [0.29, 0.717) is 33.0 Å². The molecule has 3 aromatic heterocycles. The Morgan fingerprint density at radius 3 is 1.73 bits per heavy atom. The quantitative estimate of drug-likeness (QED) is 0.0959. The lowest BCUT2D eigenvalue weighted by molar-refractivity contribution is 0.102. The Kier molecular flexibility index (Phi) is 10.0. The molecule has 12 rings (SSSR count). The van der Waals surface area contributed by atoms with Crippen LogP contribution in [0.5, 0.6) is 11.5 Å². The summed E-state index contributed by atoms with van der Waals surface area (Å²) in [4.78, 5) is 25.7. The van der Waals surface area contributed by atoms with Gasteiger partial charge >= 0.3 is 0 Å². The fourth-order valence-electron chi connectivity index (χ4n) is 9.74. The summed E-state index contributed by atoms with van der Waals surface area (Å²) in [6.45, 7) is 10.1. The highest BCUT2D eigenvalue weighted by atomic mass is 32.1. The van der Waals surface area contributed by atoms with E-state index < -0.39 is 5.91 Å². The topological polar surface area (TPSA) is 163 Å². The average Bonchev–Trinajstić information content (AvgIpc) is 4.06. The van der Waals surface area contributed by atoms with Crippen molar-refractivity contribution < 1.29 is 15.0 Å². The number of benzene rings is 9. The van der Waals surface area contributed by atoms with Crippen LogP contribution in [0.25, 0.3) is 86.5 Å². The van der Waals surface area contributed by atoms with E-state index in [1.54, 1.807) is 6.07 Å². The number of aromatic hydroxyl groups is 2. The number of H-pyrrole nitrogens is 2. The fraction of sp³-hybridized carbons (Fsp3) is 0.103. The molecule has 70 heavy (non-hydrogen) atoms. The van der Waals surface area contributed by atoms with Crippen LogP contribution in [0, 0.1) is 20.8 Å². The molecular weight excluding hydrogens is 889 g/mol. The van der Waals surface area contributed by atoms with Crippen LogP contribution < -0.4 is 5.32 Å². The zero-order valence-corrected chi connectivity index (χ0v) is 39.6. The number of phenolic OH excluding ortho intramolecular Hbond substituents is 2. The lowest BCUT2D eigenvalue weighted by Crippen LogP contribution is -2.12. The number of thiazole rings is 1. The number of amides is 1. The minimum atomic E-state index is -0.509. The predicted octanol–water partition coefficient (Wildman–Crippen LogP) is 17.1.